The van der Waals surface area contributed by atoms with Gasteiger partial charge < -0.3 is 9.84 Å². The molecule has 0 aliphatic heterocycles. The number of fused-ring (bicyclic) bond motifs is 1. The molecule has 0 spiro atoms. The first-order chi connectivity index (χ1) is 9.36. The topological polar surface area (TPSA) is 42.4 Å². The number of pyridine rings is 1. The zero-order valence-corrected chi connectivity index (χ0v) is 10.3. The van der Waals surface area contributed by atoms with Crippen molar-refractivity contribution in [2.75, 3.05) is 0 Å². The highest BCUT2D eigenvalue weighted by Gasteiger charge is 2.04. The average molecular weight is 251 g/mol. The van der Waals surface area contributed by atoms with E-state index in [9.17, 15) is 5.11 Å². The van der Waals surface area contributed by atoms with E-state index in [1.54, 1.807) is 0 Å². The van der Waals surface area contributed by atoms with Crippen LogP contribution in [0.2, 0.25) is 0 Å². The lowest BCUT2D eigenvalue weighted by atomic mass is 10.2. The molecule has 0 radical (unpaired) electrons. The van der Waals surface area contributed by atoms with Crippen molar-refractivity contribution in [2.45, 2.75) is 6.61 Å². The van der Waals surface area contributed by atoms with Gasteiger partial charge in [0.1, 0.15) is 5.75 Å². The van der Waals surface area contributed by atoms with Crippen molar-refractivity contribution in [2.24, 2.45) is 0 Å². The Morgan fingerprint density at radius 2 is 1.68 bits per heavy atom. The Labute approximate surface area is 111 Å². The summed E-state index contributed by atoms with van der Waals surface area (Å²) in [4.78, 5) is 4.44. The van der Waals surface area contributed by atoms with E-state index in [0.29, 0.717) is 11.6 Å². The van der Waals surface area contributed by atoms with Gasteiger partial charge in [0.2, 0.25) is 5.88 Å². The SMILES string of the molecule is OCc1ccccc1Oc1ccc2ccccc2n1. The van der Waals surface area contributed by atoms with Crippen LogP contribution in [0.4, 0.5) is 0 Å². The Kier molecular flexibility index (Phi) is 3.12. The van der Waals surface area contributed by atoms with E-state index in [-0.39, 0.29) is 6.61 Å². The summed E-state index contributed by atoms with van der Waals surface area (Å²) in [7, 11) is 0. The van der Waals surface area contributed by atoms with Crippen molar-refractivity contribution in [3.05, 3.63) is 66.2 Å². The maximum atomic E-state index is 9.27. The second-order valence-corrected chi connectivity index (χ2v) is 4.21. The fourth-order valence-corrected chi connectivity index (χ4v) is 1.95. The van der Waals surface area contributed by atoms with Crippen molar-refractivity contribution in [3.8, 4) is 11.6 Å². The Morgan fingerprint density at radius 1 is 0.895 bits per heavy atom. The predicted octanol–water partition coefficient (Wildman–Crippen LogP) is 3.52. The van der Waals surface area contributed by atoms with E-state index in [4.69, 9.17) is 4.74 Å². The molecule has 0 saturated carbocycles. The van der Waals surface area contributed by atoms with E-state index >= 15 is 0 Å². The lowest BCUT2D eigenvalue weighted by Gasteiger charge is -2.09. The molecule has 0 aliphatic rings. The number of ether oxygens (including phenoxy) is 1. The number of rotatable bonds is 3. The molecule has 1 N–H and O–H groups in total. The number of benzene rings is 2. The van der Waals surface area contributed by atoms with Gasteiger partial charge in [0.05, 0.1) is 12.1 Å². The molecule has 1 aromatic heterocycles. The fraction of sp³-hybridized carbons (Fsp3) is 0.0625. The van der Waals surface area contributed by atoms with Crippen molar-refractivity contribution >= 4 is 10.9 Å². The van der Waals surface area contributed by atoms with E-state index in [1.165, 1.54) is 0 Å². The van der Waals surface area contributed by atoms with E-state index in [0.717, 1.165) is 16.5 Å². The van der Waals surface area contributed by atoms with E-state index in [1.807, 2.05) is 60.7 Å². The molecular weight excluding hydrogens is 238 g/mol. The molecule has 0 aliphatic carbocycles. The molecule has 1 heterocycles. The minimum Gasteiger partial charge on any atom is -0.439 e. The number of hydrogen-bond donors (Lipinski definition) is 1. The molecule has 0 unspecified atom stereocenters. The molecule has 94 valence electrons. The smallest absolute Gasteiger partial charge is 0.219 e. The lowest BCUT2D eigenvalue weighted by molar-refractivity contribution is 0.276. The van der Waals surface area contributed by atoms with Gasteiger partial charge in [-0.15, -0.1) is 0 Å². The van der Waals surface area contributed by atoms with Crippen LogP contribution >= 0.6 is 0 Å². The Hall–Kier alpha value is -2.39. The molecule has 3 rings (SSSR count). The minimum absolute atomic E-state index is 0.0518. The predicted molar refractivity (Wildman–Crippen MR) is 74.2 cm³/mol. The Bertz CT molecular complexity index is 710. The van der Waals surface area contributed by atoms with Crippen LogP contribution in [0.3, 0.4) is 0 Å². The van der Waals surface area contributed by atoms with Crippen LogP contribution in [0.25, 0.3) is 10.9 Å². The summed E-state index contributed by atoms with van der Waals surface area (Å²) >= 11 is 0. The summed E-state index contributed by atoms with van der Waals surface area (Å²) in [5.41, 5.74) is 1.64. The minimum atomic E-state index is -0.0518. The molecule has 3 aromatic rings. The zero-order valence-electron chi connectivity index (χ0n) is 10.3. The third-order valence-electron chi connectivity index (χ3n) is 2.93. The van der Waals surface area contributed by atoms with Gasteiger partial charge >= 0.3 is 0 Å². The highest BCUT2D eigenvalue weighted by molar-refractivity contribution is 5.78. The number of nitrogens with zero attached hydrogens (tertiary/aromatic N) is 1. The molecule has 0 bridgehead atoms. The van der Waals surface area contributed by atoms with Gasteiger partial charge in [-0.2, -0.15) is 0 Å². The summed E-state index contributed by atoms with van der Waals surface area (Å²) in [6.07, 6.45) is 0. The molecule has 0 atom stereocenters. The summed E-state index contributed by atoms with van der Waals surface area (Å²) in [6.45, 7) is -0.0518. The second-order valence-electron chi connectivity index (χ2n) is 4.21. The standard InChI is InChI=1S/C16H13NO2/c18-11-13-6-2-4-8-15(13)19-16-10-9-12-5-1-3-7-14(12)17-16/h1-10,18H,11H2. The summed E-state index contributed by atoms with van der Waals surface area (Å²) < 4.78 is 5.74. The van der Waals surface area contributed by atoms with Gasteiger partial charge in [-0.1, -0.05) is 36.4 Å². The second kappa shape index (κ2) is 5.08. The van der Waals surface area contributed by atoms with Crippen LogP contribution < -0.4 is 4.74 Å². The highest BCUT2D eigenvalue weighted by atomic mass is 16.5. The average Bonchev–Trinajstić information content (AvgIpc) is 2.48. The third kappa shape index (κ3) is 2.41. The van der Waals surface area contributed by atoms with Crippen LogP contribution in [-0.2, 0) is 6.61 Å². The van der Waals surface area contributed by atoms with Crippen LogP contribution in [0.5, 0.6) is 11.6 Å². The molecule has 2 aromatic carbocycles. The fourth-order valence-electron chi connectivity index (χ4n) is 1.95. The number of hydrogen-bond acceptors (Lipinski definition) is 3. The van der Waals surface area contributed by atoms with E-state index < -0.39 is 0 Å². The monoisotopic (exact) mass is 251 g/mol. The Morgan fingerprint density at radius 3 is 2.58 bits per heavy atom. The van der Waals surface area contributed by atoms with E-state index in [2.05, 4.69) is 4.98 Å². The molecule has 3 nitrogen and oxygen atoms in total. The van der Waals surface area contributed by atoms with Gasteiger partial charge in [0.15, 0.2) is 0 Å². The van der Waals surface area contributed by atoms with Gasteiger partial charge in [-0.25, -0.2) is 4.98 Å². The van der Waals surface area contributed by atoms with Gasteiger partial charge in [0.25, 0.3) is 0 Å². The molecule has 0 fully saturated rings. The third-order valence-corrected chi connectivity index (χ3v) is 2.93. The zero-order chi connectivity index (χ0) is 13.1. The Balaban J connectivity index is 1.96. The lowest BCUT2D eigenvalue weighted by Crippen LogP contribution is -1.93. The quantitative estimate of drug-likeness (QED) is 0.774. The molecule has 19 heavy (non-hydrogen) atoms. The molecule has 0 amide bonds. The normalized spacial score (nSPS) is 10.6. The highest BCUT2D eigenvalue weighted by Crippen LogP contribution is 2.25. The molecular formula is C16H13NO2. The number of aromatic nitrogens is 1. The van der Waals surface area contributed by atoms with Crippen molar-refractivity contribution in [1.29, 1.82) is 0 Å². The van der Waals surface area contributed by atoms with Crippen LogP contribution in [0.1, 0.15) is 5.56 Å². The number of aliphatic hydroxyl groups excluding tert-OH is 1. The number of para-hydroxylation sites is 2. The first-order valence-corrected chi connectivity index (χ1v) is 6.09. The van der Waals surface area contributed by atoms with Crippen molar-refractivity contribution in [1.82, 2.24) is 4.98 Å². The first kappa shape index (κ1) is 11.7. The van der Waals surface area contributed by atoms with Crippen molar-refractivity contribution in [3.63, 3.8) is 0 Å². The first-order valence-electron chi connectivity index (χ1n) is 6.09. The van der Waals surface area contributed by atoms with Crippen molar-refractivity contribution < 1.29 is 9.84 Å². The van der Waals surface area contributed by atoms with Gasteiger partial charge in [-0.3, -0.25) is 0 Å². The summed E-state index contributed by atoms with van der Waals surface area (Å²) in [5.74, 6) is 1.16. The van der Waals surface area contributed by atoms with Gasteiger partial charge in [-0.05, 0) is 18.2 Å². The largest absolute Gasteiger partial charge is 0.439 e. The van der Waals surface area contributed by atoms with Crippen LogP contribution in [0, 0.1) is 0 Å². The maximum Gasteiger partial charge on any atom is 0.219 e. The summed E-state index contributed by atoms with van der Waals surface area (Å²) in [5, 5.41) is 10.3. The maximum absolute atomic E-state index is 9.27. The van der Waals surface area contributed by atoms with Crippen LogP contribution in [-0.4, -0.2) is 10.1 Å². The van der Waals surface area contributed by atoms with Gasteiger partial charge in [0, 0.05) is 17.0 Å². The molecule has 3 heteroatoms. The molecule has 0 saturated heterocycles. The van der Waals surface area contributed by atoms with Crippen LogP contribution in [0.15, 0.2) is 60.7 Å². The summed E-state index contributed by atoms with van der Waals surface area (Å²) in [6, 6.07) is 19.1. The number of aliphatic hydroxyl groups is 1.